The summed E-state index contributed by atoms with van der Waals surface area (Å²) in [6.07, 6.45) is -2.21. The first-order chi connectivity index (χ1) is 7.33. The van der Waals surface area contributed by atoms with Crippen molar-refractivity contribution in [3.05, 3.63) is 33.8 Å². The van der Waals surface area contributed by atoms with Crippen LogP contribution >= 0.6 is 15.9 Å². The third-order valence-electron chi connectivity index (χ3n) is 3.07. The Bertz CT molecular complexity index is 410. The van der Waals surface area contributed by atoms with Crippen LogP contribution in [0.5, 0.6) is 0 Å². The van der Waals surface area contributed by atoms with Gasteiger partial charge in [-0.2, -0.15) is 13.2 Å². The number of hydrogen-bond donors (Lipinski definition) is 1. The zero-order chi connectivity index (χ0) is 12.0. The molecule has 0 atom stereocenters. The first-order valence-electron chi connectivity index (χ1n) is 4.99. The van der Waals surface area contributed by atoms with Crippen molar-refractivity contribution in [1.29, 1.82) is 0 Å². The molecule has 0 saturated heterocycles. The second-order valence-corrected chi connectivity index (χ2v) is 5.11. The van der Waals surface area contributed by atoms with Gasteiger partial charge in [-0.1, -0.05) is 22.0 Å². The van der Waals surface area contributed by atoms with Crippen LogP contribution in [0.15, 0.2) is 22.7 Å². The Hall–Kier alpha value is -0.550. The maximum atomic E-state index is 12.8. The van der Waals surface area contributed by atoms with Gasteiger partial charge in [-0.15, -0.1) is 0 Å². The summed E-state index contributed by atoms with van der Waals surface area (Å²) in [6, 6.07) is 4.19. The third-order valence-corrected chi connectivity index (χ3v) is 3.56. The second-order valence-electron chi connectivity index (χ2n) is 4.20. The predicted molar refractivity (Wildman–Crippen MR) is 58.9 cm³/mol. The van der Waals surface area contributed by atoms with E-state index in [9.17, 15) is 13.2 Å². The third kappa shape index (κ3) is 1.98. The molecule has 1 aromatic rings. The topological polar surface area (TPSA) is 26.0 Å². The standard InChI is InChI=1S/C11H11BrF3N/c12-7-2-3-8(10(16)4-1-5-10)9(6-7)11(13,14)15/h2-3,6H,1,4-5,16H2. The molecule has 2 rings (SSSR count). The first-order valence-corrected chi connectivity index (χ1v) is 5.78. The minimum absolute atomic E-state index is 0.217. The molecule has 5 heteroatoms. The van der Waals surface area contributed by atoms with E-state index in [-0.39, 0.29) is 5.56 Å². The Kier molecular flexibility index (Phi) is 2.78. The van der Waals surface area contributed by atoms with Crippen LogP contribution in [0, 0.1) is 0 Å². The van der Waals surface area contributed by atoms with Gasteiger partial charge in [0.15, 0.2) is 0 Å². The Balaban J connectivity index is 2.52. The first kappa shape index (κ1) is 11.9. The summed E-state index contributed by atoms with van der Waals surface area (Å²) < 4.78 is 39.0. The van der Waals surface area contributed by atoms with Gasteiger partial charge in [0.25, 0.3) is 0 Å². The van der Waals surface area contributed by atoms with E-state index in [1.807, 2.05) is 0 Å². The summed E-state index contributed by atoms with van der Waals surface area (Å²) in [7, 11) is 0. The quantitative estimate of drug-likeness (QED) is 0.837. The molecule has 1 saturated carbocycles. The van der Waals surface area contributed by atoms with Crippen LogP contribution in [0.3, 0.4) is 0 Å². The molecule has 0 aromatic heterocycles. The molecular weight excluding hydrogens is 283 g/mol. The minimum Gasteiger partial charge on any atom is -0.321 e. The maximum absolute atomic E-state index is 12.8. The van der Waals surface area contributed by atoms with Crippen LogP contribution in [0.2, 0.25) is 0 Å². The zero-order valence-corrected chi connectivity index (χ0v) is 10.0. The monoisotopic (exact) mass is 293 g/mol. The van der Waals surface area contributed by atoms with Crippen LogP contribution in [0.4, 0.5) is 13.2 Å². The Morgan fingerprint density at radius 2 is 1.88 bits per heavy atom. The fraction of sp³-hybridized carbons (Fsp3) is 0.455. The molecule has 1 aliphatic rings. The molecule has 0 heterocycles. The smallest absolute Gasteiger partial charge is 0.321 e. The van der Waals surface area contributed by atoms with Crippen molar-refractivity contribution < 1.29 is 13.2 Å². The molecule has 16 heavy (non-hydrogen) atoms. The molecule has 0 aliphatic heterocycles. The lowest BCUT2D eigenvalue weighted by atomic mass is 9.71. The summed E-state index contributed by atoms with van der Waals surface area (Å²) in [5, 5.41) is 0. The van der Waals surface area contributed by atoms with Gasteiger partial charge in [0.1, 0.15) is 0 Å². The van der Waals surface area contributed by atoms with Gasteiger partial charge >= 0.3 is 6.18 Å². The number of halogens is 4. The summed E-state index contributed by atoms with van der Waals surface area (Å²) in [5.41, 5.74) is 4.77. The van der Waals surface area contributed by atoms with Gasteiger partial charge in [-0.05, 0) is 37.0 Å². The van der Waals surface area contributed by atoms with Gasteiger partial charge in [0.2, 0.25) is 0 Å². The van der Waals surface area contributed by atoms with Crippen LogP contribution in [0.1, 0.15) is 30.4 Å². The van der Waals surface area contributed by atoms with Crippen LogP contribution < -0.4 is 5.73 Å². The molecule has 1 fully saturated rings. The van der Waals surface area contributed by atoms with Crippen LogP contribution in [-0.4, -0.2) is 0 Å². The van der Waals surface area contributed by atoms with Gasteiger partial charge in [0, 0.05) is 10.0 Å². The van der Waals surface area contributed by atoms with Gasteiger partial charge in [0.05, 0.1) is 5.56 Å². The lowest BCUT2D eigenvalue weighted by Gasteiger charge is -2.40. The normalized spacial score (nSPS) is 19.3. The second kappa shape index (κ2) is 3.74. The fourth-order valence-electron chi connectivity index (χ4n) is 2.01. The molecule has 0 spiro atoms. The number of hydrogen-bond acceptors (Lipinski definition) is 1. The van der Waals surface area contributed by atoms with E-state index in [0.717, 1.165) is 12.5 Å². The highest BCUT2D eigenvalue weighted by molar-refractivity contribution is 9.10. The van der Waals surface area contributed by atoms with Crippen molar-refractivity contribution in [3.8, 4) is 0 Å². The summed E-state index contributed by atoms with van der Waals surface area (Å²) in [5.74, 6) is 0. The van der Waals surface area contributed by atoms with E-state index in [0.29, 0.717) is 17.3 Å². The van der Waals surface area contributed by atoms with Crippen LogP contribution in [-0.2, 0) is 11.7 Å². The average molecular weight is 294 g/mol. The van der Waals surface area contributed by atoms with E-state index in [1.54, 1.807) is 6.07 Å². The summed E-state index contributed by atoms with van der Waals surface area (Å²) in [6.45, 7) is 0. The van der Waals surface area contributed by atoms with E-state index >= 15 is 0 Å². The highest BCUT2D eigenvalue weighted by Gasteiger charge is 2.42. The Labute approximate surface area is 100.0 Å². The van der Waals surface area contributed by atoms with E-state index in [1.165, 1.54) is 6.07 Å². The lowest BCUT2D eigenvalue weighted by molar-refractivity contribution is -0.139. The van der Waals surface area contributed by atoms with Gasteiger partial charge in [-0.3, -0.25) is 0 Å². The van der Waals surface area contributed by atoms with Crippen LogP contribution in [0.25, 0.3) is 0 Å². The molecular formula is C11H11BrF3N. The fourth-order valence-corrected chi connectivity index (χ4v) is 2.37. The number of alkyl halides is 3. The molecule has 0 amide bonds. The van der Waals surface area contributed by atoms with Crippen molar-refractivity contribution >= 4 is 15.9 Å². The van der Waals surface area contributed by atoms with Crippen molar-refractivity contribution in [3.63, 3.8) is 0 Å². The Morgan fingerprint density at radius 1 is 1.25 bits per heavy atom. The highest BCUT2D eigenvalue weighted by Crippen LogP contribution is 2.45. The van der Waals surface area contributed by atoms with Crippen molar-refractivity contribution in [2.45, 2.75) is 31.0 Å². The van der Waals surface area contributed by atoms with Crippen molar-refractivity contribution in [1.82, 2.24) is 0 Å². The maximum Gasteiger partial charge on any atom is 0.416 e. The average Bonchev–Trinajstić information content (AvgIpc) is 2.13. The molecule has 0 unspecified atom stereocenters. The number of benzene rings is 1. The largest absolute Gasteiger partial charge is 0.416 e. The molecule has 1 aliphatic carbocycles. The van der Waals surface area contributed by atoms with Crippen molar-refractivity contribution in [2.24, 2.45) is 5.73 Å². The molecule has 1 aromatic carbocycles. The Morgan fingerprint density at radius 3 is 2.31 bits per heavy atom. The highest BCUT2D eigenvalue weighted by atomic mass is 79.9. The predicted octanol–water partition coefficient (Wildman–Crippen LogP) is 3.81. The molecule has 0 radical (unpaired) electrons. The van der Waals surface area contributed by atoms with E-state index in [4.69, 9.17) is 5.73 Å². The molecule has 0 bridgehead atoms. The zero-order valence-electron chi connectivity index (χ0n) is 8.44. The van der Waals surface area contributed by atoms with Crippen molar-refractivity contribution in [2.75, 3.05) is 0 Å². The molecule has 2 N–H and O–H groups in total. The summed E-state index contributed by atoms with van der Waals surface area (Å²) in [4.78, 5) is 0. The number of rotatable bonds is 1. The lowest BCUT2D eigenvalue weighted by Crippen LogP contribution is -2.44. The number of nitrogens with two attached hydrogens (primary N) is 1. The van der Waals surface area contributed by atoms with E-state index in [2.05, 4.69) is 15.9 Å². The van der Waals surface area contributed by atoms with Gasteiger partial charge < -0.3 is 5.73 Å². The molecule has 88 valence electrons. The molecule has 1 nitrogen and oxygen atoms in total. The van der Waals surface area contributed by atoms with Gasteiger partial charge in [-0.25, -0.2) is 0 Å². The SMILES string of the molecule is NC1(c2ccc(Br)cc2C(F)(F)F)CCC1. The minimum atomic E-state index is -4.35. The van der Waals surface area contributed by atoms with E-state index < -0.39 is 17.3 Å². The summed E-state index contributed by atoms with van der Waals surface area (Å²) >= 11 is 3.05.